The summed E-state index contributed by atoms with van der Waals surface area (Å²) in [6, 6.07) is 10.1. The molecule has 0 fully saturated rings. The number of alkyl halides is 1. The molecular weight excluding hydrogens is 579 g/mol. The molecule has 0 aliphatic carbocycles. The highest BCUT2D eigenvalue weighted by atomic mass is 127. The Balaban J connectivity index is 2.52. The number of methoxy groups -OCH3 is 2. The third kappa shape index (κ3) is 3.95. The van der Waals surface area contributed by atoms with Crippen molar-refractivity contribution in [2.45, 2.75) is 4.83 Å². The summed E-state index contributed by atoms with van der Waals surface area (Å²) in [7, 11) is 3.27. The van der Waals surface area contributed by atoms with Crippen LogP contribution in [0, 0.1) is 3.57 Å². The first-order chi connectivity index (χ1) is 9.97. The van der Waals surface area contributed by atoms with Gasteiger partial charge in [0.25, 0.3) is 0 Å². The molecule has 1 unspecified atom stereocenters. The van der Waals surface area contributed by atoms with Crippen LogP contribution in [0.2, 0.25) is 0 Å². The van der Waals surface area contributed by atoms with Crippen molar-refractivity contribution in [1.29, 1.82) is 0 Å². The molecule has 0 radical (unpaired) electrons. The lowest BCUT2D eigenvalue weighted by atomic mass is 10.0. The molecule has 0 spiro atoms. The molecule has 2 aromatic carbocycles. The van der Waals surface area contributed by atoms with Crippen LogP contribution in [0.5, 0.6) is 11.5 Å². The third-order valence-corrected chi connectivity index (χ3v) is 6.16. The number of ether oxygens (including phenoxy) is 2. The van der Waals surface area contributed by atoms with Crippen molar-refractivity contribution in [3.63, 3.8) is 0 Å². The SMILES string of the molecule is COc1cc(Br)c(C(Br)c2cc(Br)ccc2I)cc1OC. The van der Waals surface area contributed by atoms with Crippen LogP contribution in [0.4, 0.5) is 0 Å². The Labute approximate surface area is 163 Å². The van der Waals surface area contributed by atoms with Crippen LogP contribution in [0.25, 0.3) is 0 Å². The van der Waals surface area contributed by atoms with Gasteiger partial charge >= 0.3 is 0 Å². The zero-order chi connectivity index (χ0) is 15.6. The van der Waals surface area contributed by atoms with E-state index in [1.807, 2.05) is 18.2 Å². The lowest BCUT2D eigenvalue weighted by molar-refractivity contribution is 0.354. The van der Waals surface area contributed by atoms with Gasteiger partial charge in [0.15, 0.2) is 11.5 Å². The van der Waals surface area contributed by atoms with Crippen molar-refractivity contribution >= 4 is 70.4 Å². The van der Waals surface area contributed by atoms with E-state index in [9.17, 15) is 0 Å². The molecule has 2 nitrogen and oxygen atoms in total. The molecule has 21 heavy (non-hydrogen) atoms. The van der Waals surface area contributed by atoms with E-state index < -0.39 is 0 Å². The molecule has 0 amide bonds. The van der Waals surface area contributed by atoms with E-state index in [2.05, 4.69) is 82.5 Å². The Morgan fingerprint density at radius 3 is 2.19 bits per heavy atom. The molecule has 0 N–H and O–H groups in total. The van der Waals surface area contributed by atoms with Crippen LogP contribution >= 0.6 is 70.4 Å². The van der Waals surface area contributed by atoms with E-state index in [4.69, 9.17) is 9.47 Å². The van der Waals surface area contributed by atoms with Crippen LogP contribution in [0.1, 0.15) is 16.0 Å². The van der Waals surface area contributed by atoms with Gasteiger partial charge in [-0.3, -0.25) is 0 Å². The molecule has 2 aromatic rings. The van der Waals surface area contributed by atoms with E-state index in [0.717, 1.165) is 14.5 Å². The van der Waals surface area contributed by atoms with Gasteiger partial charge in [-0.2, -0.15) is 0 Å². The molecule has 0 aliphatic rings. The fourth-order valence-electron chi connectivity index (χ4n) is 1.94. The van der Waals surface area contributed by atoms with Gasteiger partial charge in [-0.1, -0.05) is 47.8 Å². The summed E-state index contributed by atoms with van der Waals surface area (Å²) in [4.78, 5) is 0.0519. The fraction of sp³-hybridized carbons (Fsp3) is 0.200. The van der Waals surface area contributed by atoms with E-state index in [1.54, 1.807) is 14.2 Å². The molecule has 0 aromatic heterocycles. The first kappa shape index (κ1) is 17.6. The molecule has 112 valence electrons. The first-order valence-electron chi connectivity index (χ1n) is 5.98. The molecule has 0 saturated heterocycles. The van der Waals surface area contributed by atoms with Crippen LogP contribution in [0.15, 0.2) is 39.3 Å². The van der Waals surface area contributed by atoms with E-state index >= 15 is 0 Å². The largest absolute Gasteiger partial charge is 0.493 e. The molecule has 2 rings (SSSR count). The van der Waals surface area contributed by atoms with E-state index in [0.29, 0.717) is 11.5 Å². The van der Waals surface area contributed by atoms with Gasteiger partial charge in [0.2, 0.25) is 0 Å². The lowest BCUT2D eigenvalue weighted by Crippen LogP contribution is -1.99. The monoisotopic (exact) mass is 588 g/mol. The zero-order valence-electron chi connectivity index (χ0n) is 11.3. The number of rotatable bonds is 4. The summed E-state index contributed by atoms with van der Waals surface area (Å²) in [6.45, 7) is 0. The summed E-state index contributed by atoms with van der Waals surface area (Å²) in [6.07, 6.45) is 0. The first-order valence-corrected chi connectivity index (χ1v) is 9.56. The summed E-state index contributed by atoms with van der Waals surface area (Å²) in [5, 5.41) is 0. The second-order valence-electron chi connectivity index (χ2n) is 4.26. The van der Waals surface area contributed by atoms with Crippen molar-refractivity contribution in [3.8, 4) is 11.5 Å². The lowest BCUT2D eigenvalue weighted by Gasteiger charge is -2.17. The van der Waals surface area contributed by atoms with Gasteiger partial charge in [0.1, 0.15) is 0 Å². The minimum atomic E-state index is 0.0519. The zero-order valence-corrected chi connectivity index (χ0v) is 18.2. The van der Waals surface area contributed by atoms with Gasteiger partial charge < -0.3 is 9.47 Å². The normalized spacial score (nSPS) is 12.1. The Morgan fingerprint density at radius 2 is 1.57 bits per heavy atom. The molecule has 0 heterocycles. The quantitative estimate of drug-likeness (QED) is 0.307. The Hall–Kier alpha value is 0.210. The minimum Gasteiger partial charge on any atom is -0.493 e. The van der Waals surface area contributed by atoms with E-state index in [1.165, 1.54) is 9.13 Å². The fourth-order valence-corrected chi connectivity index (χ4v) is 5.01. The van der Waals surface area contributed by atoms with Crippen molar-refractivity contribution in [3.05, 3.63) is 54.0 Å². The minimum absolute atomic E-state index is 0.0519. The molecule has 0 bridgehead atoms. The van der Waals surface area contributed by atoms with Crippen LogP contribution in [-0.4, -0.2) is 14.2 Å². The molecule has 0 aliphatic heterocycles. The maximum absolute atomic E-state index is 5.39. The van der Waals surface area contributed by atoms with Crippen molar-refractivity contribution < 1.29 is 9.47 Å². The topological polar surface area (TPSA) is 18.5 Å². The Kier molecular flexibility index (Phi) is 6.40. The summed E-state index contributed by atoms with van der Waals surface area (Å²) in [5.74, 6) is 1.42. The predicted molar refractivity (Wildman–Crippen MR) is 105 cm³/mol. The number of hydrogen-bond donors (Lipinski definition) is 0. The molecule has 0 saturated carbocycles. The number of benzene rings is 2. The predicted octanol–water partition coefficient (Wildman–Crippen LogP) is 6.32. The Bertz CT molecular complexity index is 662. The van der Waals surface area contributed by atoms with Gasteiger partial charge in [0, 0.05) is 12.5 Å². The summed E-state index contributed by atoms with van der Waals surface area (Å²) < 4.78 is 13.9. The second kappa shape index (κ2) is 7.66. The van der Waals surface area contributed by atoms with Crippen molar-refractivity contribution in [2.24, 2.45) is 0 Å². The van der Waals surface area contributed by atoms with Gasteiger partial charge in [-0.15, -0.1) is 0 Å². The smallest absolute Gasteiger partial charge is 0.161 e. The molecule has 6 heteroatoms. The second-order valence-corrected chi connectivity index (χ2v) is 8.10. The molecule has 1 atom stereocenters. The third-order valence-electron chi connectivity index (χ3n) is 3.01. The maximum atomic E-state index is 5.39. The van der Waals surface area contributed by atoms with Crippen LogP contribution < -0.4 is 9.47 Å². The number of halogens is 4. The van der Waals surface area contributed by atoms with Crippen LogP contribution in [-0.2, 0) is 0 Å². The van der Waals surface area contributed by atoms with Gasteiger partial charge in [0.05, 0.1) is 19.0 Å². The highest BCUT2D eigenvalue weighted by Gasteiger charge is 2.19. The van der Waals surface area contributed by atoms with Crippen molar-refractivity contribution in [2.75, 3.05) is 14.2 Å². The highest BCUT2D eigenvalue weighted by Crippen LogP contribution is 2.42. The maximum Gasteiger partial charge on any atom is 0.161 e. The van der Waals surface area contributed by atoms with Crippen molar-refractivity contribution in [1.82, 2.24) is 0 Å². The summed E-state index contributed by atoms with van der Waals surface area (Å²) in [5.41, 5.74) is 2.28. The highest BCUT2D eigenvalue weighted by molar-refractivity contribution is 14.1. The van der Waals surface area contributed by atoms with Gasteiger partial charge in [-0.05, 0) is 64.0 Å². The average molecular weight is 591 g/mol. The number of hydrogen-bond acceptors (Lipinski definition) is 2. The van der Waals surface area contributed by atoms with E-state index in [-0.39, 0.29) is 4.83 Å². The Morgan fingerprint density at radius 1 is 0.952 bits per heavy atom. The van der Waals surface area contributed by atoms with Crippen LogP contribution in [0.3, 0.4) is 0 Å². The average Bonchev–Trinajstić information content (AvgIpc) is 2.48. The van der Waals surface area contributed by atoms with Gasteiger partial charge in [-0.25, -0.2) is 0 Å². The summed E-state index contributed by atoms with van der Waals surface area (Å²) >= 11 is 13.3. The standard InChI is InChI=1S/C15H12Br3IO2/c1-20-13-6-9(11(17)7-14(13)21-2)15(18)10-5-8(16)3-4-12(10)19/h3-7,15H,1-2H3. The molecular formula is C15H12Br3IO2.